The first-order valence-corrected chi connectivity index (χ1v) is 10.7. The van der Waals surface area contributed by atoms with Crippen molar-refractivity contribution in [2.45, 2.75) is 46.5 Å². The number of carbonyl (C=O) groups is 2. The number of anilines is 2. The van der Waals surface area contributed by atoms with E-state index >= 15 is 0 Å². The number of nitrogens with one attached hydrogen (secondary N) is 1. The van der Waals surface area contributed by atoms with Crippen LogP contribution < -0.4 is 10.2 Å². The van der Waals surface area contributed by atoms with Gasteiger partial charge in [-0.25, -0.2) is 4.79 Å². The lowest BCUT2D eigenvalue weighted by molar-refractivity contribution is -0.136. The van der Waals surface area contributed by atoms with Crippen molar-refractivity contribution in [3.63, 3.8) is 0 Å². The molecule has 2 aliphatic heterocycles. The maximum absolute atomic E-state index is 12.9. The summed E-state index contributed by atoms with van der Waals surface area (Å²) in [5.41, 5.74) is 3.20. The first kappa shape index (κ1) is 20.5. The highest BCUT2D eigenvalue weighted by molar-refractivity contribution is 5.92. The zero-order chi connectivity index (χ0) is 20.1. The van der Waals surface area contributed by atoms with Gasteiger partial charge in [-0.2, -0.15) is 0 Å². The topological polar surface area (TPSA) is 55.9 Å². The molecule has 0 aliphatic carbocycles. The van der Waals surface area contributed by atoms with Crippen LogP contribution in [0, 0.1) is 12.8 Å². The zero-order valence-corrected chi connectivity index (χ0v) is 17.5. The van der Waals surface area contributed by atoms with Crippen molar-refractivity contribution in [3.05, 3.63) is 23.8 Å². The van der Waals surface area contributed by atoms with Gasteiger partial charge in [0.05, 0.1) is 5.92 Å². The molecule has 0 radical (unpaired) electrons. The highest BCUT2D eigenvalue weighted by Crippen LogP contribution is 2.30. The van der Waals surface area contributed by atoms with Crippen LogP contribution in [0.5, 0.6) is 0 Å². The van der Waals surface area contributed by atoms with Crippen LogP contribution in [0.15, 0.2) is 18.2 Å². The van der Waals surface area contributed by atoms with E-state index in [1.807, 2.05) is 30.9 Å². The number of urea groups is 1. The fourth-order valence-corrected chi connectivity index (χ4v) is 4.41. The third kappa shape index (κ3) is 4.42. The van der Waals surface area contributed by atoms with Crippen LogP contribution in [0.4, 0.5) is 16.2 Å². The number of rotatable bonds is 5. The lowest BCUT2D eigenvalue weighted by Gasteiger charge is -2.34. The molecular formula is C22H34N4O2. The van der Waals surface area contributed by atoms with E-state index in [2.05, 4.69) is 23.2 Å². The van der Waals surface area contributed by atoms with E-state index in [-0.39, 0.29) is 17.9 Å². The minimum absolute atomic E-state index is 0.0866. The van der Waals surface area contributed by atoms with Gasteiger partial charge in [-0.05, 0) is 64.2 Å². The second kappa shape index (κ2) is 9.30. The smallest absolute Gasteiger partial charge is 0.321 e. The van der Waals surface area contributed by atoms with Crippen LogP contribution in [0.1, 0.15) is 45.1 Å². The minimum atomic E-state index is -0.0984. The predicted molar refractivity (Wildman–Crippen MR) is 114 cm³/mol. The number of piperidine rings is 1. The fraction of sp³-hybridized carbons (Fsp3) is 0.636. The number of amides is 3. The number of benzene rings is 1. The van der Waals surface area contributed by atoms with Gasteiger partial charge in [-0.3, -0.25) is 4.79 Å². The molecule has 0 bridgehead atoms. The first-order valence-electron chi connectivity index (χ1n) is 10.7. The molecule has 6 nitrogen and oxygen atoms in total. The van der Waals surface area contributed by atoms with Crippen molar-refractivity contribution in [2.75, 3.05) is 49.5 Å². The normalized spacial score (nSPS) is 19.6. The predicted octanol–water partition coefficient (Wildman–Crippen LogP) is 3.71. The highest BCUT2D eigenvalue weighted by Gasteiger charge is 2.30. The molecule has 1 aromatic carbocycles. The molecule has 0 saturated carbocycles. The van der Waals surface area contributed by atoms with Crippen LogP contribution in [0.25, 0.3) is 0 Å². The van der Waals surface area contributed by atoms with Crippen LogP contribution in [-0.4, -0.2) is 61.0 Å². The molecule has 3 amide bonds. The Bertz CT molecular complexity index is 696. The van der Waals surface area contributed by atoms with Crippen molar-refractivity contribution >= 4 is 23.3 Å². The van der Waals surface area contributed by atoms with Gasteiger partial charge >= 0.3 is 6.03 Å². The standard InChI is InChI=1S/C22H34N4O2/c1-4-24(5-2)21(27)18-10-9-15-26(16-18)22(28)23-19-11-8-12-20(17(19)3)25-13-6-7-14-25/h8,11-12,18H,4-7,9-10,13-16H2,1-3H3,(H,23,28)/t18-/m0/s1. The van der Waals surface area contributed by atoms with Crippen LogP contribution in [0.2, 0.25) is 0 Å². The molecular weight excluding hydrogens is 352 g/mol. The van der Waals surface area contributed by atoms with Crippen molar-refractivity contribution in [1.29, 1.82) is 0 Å². The molecule has 1 N–H and O–H groups in total. The molecule has 0 aromatic heterocycles. The van der Waals surface area contributed by atoms with Gasteiger partial charge in [0.2, 0.25) is 5.91 Å². The number of hydrogen-bond donors (Lipinski definition) is 1. The van der Waals surface area contributed by atoms with E-state index in [0.29, 0.717) is 13.1 Å². The van der Waals surface area contributed by atoms with E-state index < -0.39 is 0 Å². The Morgan fingerprint density at radius 1 is 1.11 bits per heavy atom. The van der Waals surface area contributed by atoms with Crippen molar-refractivity contribution < 1.29 is 9.59 Å². The molecule has 0 unspecified atom stereocenters. The summed E-state index contributed by atoms with van der Waals surface area (Å²) < 4.78 is 0. The van der Waals surface area contributed by atoms with Gasteiger partial charge in [0.15, 0.2) is 0 Å². The Labute approximate surface area is 168 Å². The Balaban J connectivity index is 1.66. The molecule has 2 aliphatic rings. The van der Waals surface area contributed by atoms with E-state index in [1.54, 1.807) is 4.90 Å². The van der Waals surface area contributed by atoms with E-state index in [9.17, 15) is 9.59 Å². The fourth-order valence-electron chi connectivity index (χ4n) is 4.41. The number of nitrogens with zero attached hydrogens (tertiary/aromatic N) is 3. The largest absolute Gasteiger partial charge is 0.371 e. The van der Waals surface area contributed by atoms with Gasteiger partial charge in [0.25, 0.3) is 0 Å². The minimum Gasteiger partial charge on any atom is -0.371 e. The second-order valence-corrected chi connectivity index (χ2v) is 7.87. The molecule has 154 valence electrons. The average Bonchev–Trinajstić information content (AvgIpc) is 3.25. The third-order valence-electron chi connectivity index (χ3n) is 6.13. The Morgan fingerprint density at radius 3 is 2.50 bits per heavy atom. The Hall–Kier alpha value is -2.24. The molecule has 2 fully saturated rings. The van der Waals surface area contributed by atoms with Gasteiger partial charge in [0.1, 0.15) is 0 Å². The summed E-state index contributed by atoms with van der Waals surface area (Å²) in [6.45, 7) is 10.9. The lowest BCUT2D eigenvalue weighted by atomic mass is 9.96. The van der Waals surface area contributed by atoms with Crippen molar-refractivity contribution in [1.82, 2.24) is 9.80 Å². The van der Waals surface area contributed by atoms with Gasteiger partial charge in [-0.15, -0.1) is 0 Å². The first-order chi connectivity index (χ1) is 13.5. The summed E-state index contributed by atoms with van der Waals surface area (Å²) in [5.74, 6) is 0.0890. The van der Waals surface area contributed by atoms with Crippen LogP contribution in [0.3, 0.4) is 0 Å². The van der Waals surface area contributed by atoms with E-state index in [0.717, 1.165) is 50.3 Å². The number of likely N-dealkylation sites (tertiary alicyclic amines) is 1. The summed E-state index contributed by atoms with van der Waals surface area (Å²) in [7, 11) is 0. The molecule has 2 heterocycles. The SMILES string of the molecule is CCN(CC)C(=O)[C@H]1CCCN(C(=O)Nc2cccc(N3CCCC3)c2C)C1. The summed E-state index contributed by atoms with van der Waals surface area (Å²) in [4.78, 5) is 31.7. The Kier molecular flexibility index (Phi) is 6.81. The van der Waals surface area contributed by atoms with Crippen LogP contribution in [-0.2, 0) is 4.79 Å². The monoisotopic (exact) mass is 386 g/mol. The summed E-state index contributed by atoms with van der Waals surface area (Å²) in [5, 5.41) is 3.10. The molecule has 1 atom stereocenters. The third-order valence-corrected chi connectivity index (χ3v) is 6.13. The van der Waals surface area contributed by atoms with Crippen molar-refractivity contribution in [3.8, 4) is 0 Å². The number of carbonyl (C=O) groups excluding carboxylic acids is 2. The molecule has 28 heavy (non-hydrogen) atoms. The summed E-state index contributed by atoms with van der Waals surface area (Å²) >= 11 is 0. The van der Waals surface area contributed by atoms with Crippen molar-refractivity contribution in [2.24, 2.45) is 5.92 Å². The van der Waals surface area contributed by atoms with E-state index in [1.165, 1.54) is 18.5 Å². The summed E-state index contributed by atoms with van der Waals surface area (Å²) in [6, 6.07) is 6.02. The Morgan fingerprint density at radius 2 is 1.82 bits per heavy atom. The lowest BCUT2D eigenvalue weighted by Crippen LogP contribution is -2.48. The van der Waals surface area contributed by atoms with Gasteiger partial charge < -0.3 is 20.0 Å². The summed E-state index contributed by atoms with van der Waals surface area (Å²) in [6.07, 6.45) is 4.19. The van der Waals surface area contributed by atoms with E-state index in [4.69, 9.17) is 0 Å². The average molecular weight is 387 g/mol. The zero-order valence-electron chi connectivity index (χ0n) is 17.5. The van der Waals surface area contributed by atoms with Gasteiger partial charge in [0, 0.05) is 50.6 Å². The van der Waals surface area contributed by atoms with Crippen LogP contribution >= 0.6 is 0 Å². The quantitative estimate of drug-likeness (QED) is 0.839. The maximum atomic E-state index is 12.9. The van der Waals surface area contributed by atoms with Gasteiger partial charge in [-0.1, -0.05) is 6.07 Å². The maximum Gasteiger partial charge on any atom is 0.321 e. The molecule has 0 spiro atoms. The number of hydrogen-bond acceptors (Lipinski definition) is 3. The molecule has 6 heteroatoms. The molecule has 2 saturated heterocycles. The second-order valence-electron chi connectivity index (χ2n) is 7.87. The molecule has 1 aromatic rings. The highest BCUT2D eigenvalue weighted by atomic mass is 16.2. The molecule has 3 rings (SSSR count).